The maximum Gasteiger partial charge on any atom is 2.00 e. The maximum atomic E-state index is 0. The van der Waals surface area contributed by atoms with Gasteiger partial charge in [0, 0.05) is 0 Å². The fourth-order valence-corrected chi connectivity index (χ4v) is 0. The fraction of sp³-hybridized carbons (Fsp3) is 0. The molecular formula is H6BrNiO3+. The van der Waals surface area contributed by atoms with Crippen LogP contribution in [0.25, 0.3) is 0 Å². The summed E-state index contributed by atoms with van der Waals surface area (Å²) in [6, 6.07) is 0. The van der Waals surface area contributed by atoms with E-state index < -0.39 is 0 Å². The molecule has 5 heteroatoms. The van der Waals surface area contributed by atoms with E-state index in [9.17, 15) is 0 Å². The van der Waals surface area contributed by atoms with E-state index in [4.69, 9.17) is 0 Å². The van der Waals surface area contributed by atoms with Gasteiger partial charge in [-0.25, -0.2) is 0 Å². The molecular weight excluding hydrogens is 187 g/mol. The van der Waals surface area contributed by atoms with Crippen LogP contribution in [-0.4, -0.2) is 16.4 Å². The topological polar surface area (TPSA) is 94.5 Å². The molecule has 0 rings (SSSR count). The molecule has 0 saturated heterocycles. The van der Waals surface area contributed by atoms with E-state index in [1.165, 1.54) is 0 Å². The second-order valence-electron chi connectivity index (χ2n) is 0. The second kappa shape index (κ2) is 98.9. The zero-order chi connectivity index (χ0) is 0. The van der Waals surface area contributed by atoms with Gasteiger partial charge < -0.3 is 33.4 Å². The van der Waals surface area contributed by atoms with Crippen LogP contribution < -0.4 is 17.0 Å². The minimum absolute atomic E-state index is 0. The second-order valence-corrected chi connectivity index (χ2v) is 0. The van der Waals surface area contributed by atoms with Gasteiger partial charge in [0.1, 0.15) is 0 Å². The van der Waals surface area contributed by atoms with Gasteiger partial charge in [-0.15, -0.1) is 0 Å². The molecule has 0 bridgehead atoms. The molecule has 0 unspecified atom stereocenters. The zero-order valence-corrected chi connectivity index (χ0v) is 4.77. The van der Waals surface area contributed by atoms with Crippen molar-refractivity contribution < 1.29 is 49.9 Å². The molecule has 0 amide bonds. The number of halogens is 1. The van der Waals surface area contributed by atoms with Crippen LogP contribution in [0.3, 0.4) is 0 Å². The quantitative estimate of drug-likeness (QED) is 0.343. The monoisotopic (exact) mass is 191 g/mol. The van der Waals surface area contributed by atoms with Crippen LogP contribution in [-0.2, 0) is 16.5 Å². The standard InChI is InChI=1S/BrH.Ni.3H2O/h1H;;3*1H2/q;+2;;;/p-1. The van der Waals surface area contributed by atoms with Gasteiger partial charge in [-0.2, -0.15) is 0 Å². The van der Waals surface area contributed by atoms with E-state index in [1.807, 2.05) is 0 Å². The molecule has 6 N–H and O–H groups in total. The number of hydrogen-bond acceptors (Lipinski definition) is 0. The Kier molecular flexibility index (Phi) is 3750. The van der Waals surface area contributed by atoms with Crippen LogP contribution in [0.2, 0.25) is 0 Å². The molecule has 5 heavy (non-hydrogen) atoms. The van der Waals surface area contributed by atoms with Crippen molar-refractivity contribution in [1.82, 2.24) is 0 Å². The summed E-state index contributed by atoms with van der Waals surface area (Å²) < 4.78 is 0. The molecule has 0 fully saturated rings. The average Bonchev–Trinajstić information content (AvgIpc) is 0. The predicted molar refractivity (Wildman–Crippen MR) is 10.8 cm³/mol. The third-order valence-electron chi connectivity index (χ3n) is 0. The van der Waals surface area contributed by atoms with Crippen LogP contribution in [0.15, 0.2) is 0 Å². The van der Waals surface area contributed by atoms with Crippen LogP contribution in [0.4, 0.5) is 0 Å². The number of hydrogen-bond donors (Lipinski definition) is 0. The summed E-state index contributed by atoms with van der Waals surface area (Å²) in [5.41, 5.74) is 0. The van der Waals surface area contributed by atoms with E-state index >= 15 is 0 Å². The molecule has 0 aliphatic heterocycles. The molecule has 0 heterocycles. The Morgan fingerprint density at radius 2 is 0.600 bits per heavy atom. The van der Waals surface area contributed by atoms with Gasteiger partial charge in [0.2, 0.25) is 0 Å². The molecule has 0 aromatic heterocycles. The third kappa shape index (κ3) is 54.2. The Hall–Kier alpha value is 0.854. The molecule has 0 saturated carbocycles. The van der Waals surface area contributed by atoms with Crippen molar-refractivity contribution in [3.63, 3.8) is 0 Å². The van der Waals surface area contributed by atoms with Gasteiger partial charge in [-0.05, 0) is 0 Å². The summed E-state index contributed by atoms with van der Waals surface area (Å²) in [4.78, 5) is 0. The van der Waals surface area contributed by atoms with Crippen LogP contribution in [0, 0.1) is 0 Å². The smallest absolute Gasteiger partial charge is 1.00 e. The van der Waals surface area contributed by atoms with Crippen LogP contribution >= 0.6 is 0 Å². The van der Waals surface area contributed by atoms with Crippen molar-refractivity contribution in [1.29, 1.82) is 0 Å². The summed E-state index contributed by atoms with van der Waals surface area (Å²) in [7, 11) is 0. The van der Waals surface area contributed by atoms with Crippen molar-refractivity contribution >= 4 is 0 Å². The maximum absolute atomic E-state index is 0. The number of rotatable bonds is 0. The van der Waals surface area contributed by atoms with Gasteiger partial charge in [-0.1, -0.05) is 0 Å². The Morgan fingerprint density at radius 1 is 0.600 bits per heavy atom. The summed E-state index contributed by atoms with van der Waals surface area (Å²) in [6.07, 6.45) is 0. The van der Waals surface area contributed by atoms with Crippen molar-refractivity contribution in [2.45, 2.75) is 0 Å². The van der Waals surface area contributed by atoms with Gasteiger partial charge in [-0.3, -0.25) is 0 Å². The predicted octanol–water partition coefficient (Wildman–Crippen LogP) is -5.47. The van der Waals surface area contributed by atoms with Gasteiger partial charge in [0.25, 0.3) is 0 Å². The van der Waals surface area contributed by atoms with E-state index in [2.05, 4.69) is 0 Å². The average molecular weight is 193 g/mol. The molecule has 3 nitrogen and oxygen atoms in total. The zero-order valence-electron chi connectivity index (χ0n) is 2.19. The van der Waals surface area contributed by atoms with E-state index in [1.54, 1.807) is 0 Å². The molecule has 0 aromatic carbocycles. The molecule has 0 aliphatic rings. The first-order chi connectivity index (χ1) is 0. The van der Waals surface area contributed by atoms with Crippen LogP contribution in [0.1, 0.15) is 0 Å². The minimum Gasteiger partial charge on any atom is -1.00 e. The molecule has 0 radical (unpaired) electrons. The van der Waals surface area contributed by atoms with Gasteiger partial charge >= 0.3 is 16.5 Å². The van der Waals surface area contributed by atoms with Crippen LogP contribution in [0.5, 0.6) is 0 Å². The first-order valence-electron chi connectivity index (χ1n) is 0. The normalized spacial score (nSPS) is 0. The fourth-order valence-electron chi connectivity index (χ4n) is 0. The van der Waals surface area contributed by atoms with Gasteiger partial charge in [0.05, 0.1) is 0 Å². The van der Waals surface area contributed by atoms with Crippen molar-refractivity contribution in [3.8, 4) is 0 Å². The SMILES string of the molecule is O.O.O.[Br-].[Ni+2]. The van der Waals surface area contributed by atoms with Crippen molar-refractivity contribution in [3.05, 3.63) is 0 Å². The Morgan fingerprint density at radius 3 is 0.600 bits per heavy atom. The summed E-state index contributed by atoms with van der Waals surface area (Å²) >= 11 is 0. The molecule has 0 spiro atoms. The Bertz CT molecular complexity index is 6.85. The summed E-state index contributed by atoms with van der Waals surface area (Å²) in [6.45, 7) is 0. The molecule has 0 aromatic rings. The summed E-state index contributed by atoms with van der Waals surface area (Å²) in [5, 5.41) is 0. The summed E-state index contributed by atoms with van der Waals surface area (Å²) in [5.74, 6) is 0. The van der Waals surface area contributed by atoms with E-state index in [-0.39, 0.29) is 49.9 Å². The van der Waals surface area contributed by atoms with Gasteiger partial charge in [0.15, 0.2) is 0 Å². The molecule has 0 aliphatic carbocycles. The first kappa shape index (κ1) is 189. The third-order valence-corrected chi connectivity index (χ3v) is 0. The van der Waals surface area contributed by atoms with Crippen molar-refractivity contribution in [2.75, 3.05) is 0 Å². The Labute approximate surface area is 50.4 Å². The Balaban J connectivity index is 0. The van der Waals surface area contributed by atoms with E-state index in [0.717, 1.165) is 0 Å². The largest absolute Gasteiger partial charge is 2.00 e. The molecule has 0 atom stereocenters. The first-order valence-corrected chi connectivity index (χ1v) is 0. The molecule has 40 valence electrons. The minimum atomic E-state index is 0. The van der Waals surface area contributed by atoms with E-state index in [0.29, 0.717) is 0 Å². The van der Waals surface area contributed by atoms with Crippen molar-refractivity contribution in [2.24, 2.45) is 0 Å².